The summed E-state index contributed by atoms with van der Waals surface area (Å²) >= 11 is 0. The fourth-order valence-corrected chi connectivity index (χ4v) is 0.873. The number of fused-ring (bicyclic) bond motifs is 1. The van der Waals surface area contributed by atoms with E-state index in [0.717, 1.165) is 0 Å². The standard InChI is InChI=1S/C8H5O3.Y/c9-4-6-1-2-7-8(3-6)11-5-10-7;/h1-5H;/q-1;/i5D;. The molecule has 0 N–H and O–H groups in total. The molecule has 4 heteroatoms. The van der Waals surface area contributed by atoms with Gasteiger partial charge >= 0.3 is 0 Å². The van der Waals surface area contributed by atoms with E-state index in [9.17, 15) is 4.79 Å². The Labute approximate surface area is 96.3 Å². The van der Waals surface area contributed by atoms with Crippen LogP contribution in [0.4, 0.5) is 0 Å². The van der Waals surface area contributed by atoms with Crippen molar-refractivity contribution < 1.29 is 48.3 Å². The molecule has 12 heavy (non-hydrogen) atoms. The normalized spacial score (nSPS) is 14.8. The number of hydrogen-bond donors (Lipinski definition) is 0. The van der Waals surface area contributed by atoms with Gasteiger partial charge in [0.1, 0.15) is 17.8 Å². The number of rotatable bonds is 1. The Morgan fingerprint density at radius 2 is 2.17 bits per heavy atom. The molecule has 59 valence electrons. The summed E-state index contributed by atoms with van der Waals surface area (Å²) in [6.07, 6.45) is 0.714. The van der Waals surface area contributed by atoms with Crippen LogP contribution in [0.3, 0.4) is 0 Å². The molecule has 1 radical (unpaired) electrons. The largest absolute Gasteiger partial charge is 0.620 e. The van der Waals surface area contributed by atoms with Crippen molar-refractivity contribution in [3.63, 3.8) is 0 Å². The second kappa shape index (κ2) is 4.01. The third-order valence-electron chi connectivity index (χ3n) is 1.41. The van der Waals surface area contributed by atoms with Crippen LogP contribution >= 0.6 is 0 Å². The van der Waals surface area contributed by atoms with E-state index in [1.807, 2.05) is 0 Å². The van der Waals surface area contributed by atoms with Crippen LogP contribution in [-0.2, 0) is 32.7 Å². The molecular formula is C8H5O3Y-. The van der Waals surface area contributed by atoms with E-state index in [1.165, 1.54) is 6.07 Å². The molecule has 0 saturated carbocycles. The Bertz CT molecular complexity index is 329. The predicted octanol–water partition coefficient (Wildman–Crippen LogP) is 1.39. The molecule has 0 amide bonds. The van der Waals surface area contributed by atoms with Gasteiger partial charge in [0.25, 0.3) is 0 Å². The first-order valence-electron chi connectivity index (χ1n) is 3.58. The second-order valence-corrected chi connectivity index (χ2v) is 2.11. The molecule has 1 aromatic carbocycles. The van der Waals surface area contributed by atoms with E-state index in [4.69, 9.17) is 10.8 Å². The number of hydrogen-bond acceptors (Lipinski definition) is 3. The van der Waals surface area contributed by atoms with Crippen LogP contribution in [0, 0.1) is 6.77 Å². The zero-order chi connectivity index (χ0) is 8.55. The summed E-state index contributed by atoms with van der Waals surface area (Å²) in [7, 11) is 0. The van der Waals surface area contributed by atoms with Gasteiger partial charge in [-0.05, 0) is 18.2 Å². The van der Waals surface area contributed by atoms with Crippen LogP contribution in [0.2, 0.25) is 0 Å². The summed E-state index contributed by atoms with van der Waals surface area (Å²) in [5.41, 5.74) is 0.507. The number of benzene rings is 1. The Balaban J connectivity index is 0.000000845. The summed E-state index contributed by atoms with van der Waals surface area (Å²) in [4.78, 5) is 10.3. The van der Waals surface area contributed by atoms with Crippen molar-refractivity contribution >= 4 is 6.29 Å². The molecular weight excluding hydrogens is 233 g/mol. The van der Waals surface area contributed by atoms with Gasteiger partial charge in [-0.2, -0.15) is 0 Å². The van der Waals surface area contributed by atoms with Crippen molar-refractivity contribution in [1.29, 1.82) is 0 Å². The van der Waals surface area contributed by atoms with Gasteiger partial charge in [-0.1, -0.05) is 0 Å². The Morgan fingerprint density at radius 3 is 2.92 bits per heavy atom. The van der Waals surface area contributed by atoms with Crippen molar-refractivity contribution in [3.8, 4) is 11.5 Å². The zero-order valence-corrected chi connectivity index (χ0v) is 8.95. The minimum atomic E-state index is -0.256. The van der Waals surface area contributed by atoms with Gasteiger partial charge < -0.3 is 9.47 Å². The number of aldehydes is 1. The van der Waals surface area contributed by atoms with Gasteiger partial charge in [-0.15, -0.1) is 1.37 Å². The van der Waals surface area contributed by atoms with Crippen LogP contribution in [0.5, 0.6) is 11.5 Å². The van der Waals surface area contributed by atoms with Crippen molar-refractivity contribution in [2.45, 2.75) is 0 Å². The summed E-state index contributed by atoms with van der Waals surface area (Å²) < 4.78 is 16.7. The zero-order valence-electron chi connectivity index (χ0n) is 7.11. The molecule has 1 aliphatic rings. The van der Waals surface area contributed by atoms with Crippen molar-refractivity contribution in [1.82, 2.24) is 0 Å². The SMILES string of the molecule is [2H][C-]1Oc2ccc(C=O)cc2O1.[Y]. The molecule has 0 bridgehead atoms. The Kier molecular flexibility index (Phi) is 2.74. The minimum Gasteiger partial charge on any atom is -0.620 e. The summed E-state index contributed by atoms with van der Waals surface area (Å²) in [6.45, 7) is -0.256. The fourth-order valence-electron chi connectivity index (χ4n) is 0.873. The topological polar surface area (TPSA) is 35.5 Å². The van der Waals surface area contributed by atoms with E-state index < -0.39 is 0 Å². The maximum Gasteiger partial charge on any atom is 0.150 e. The van der Waals surface area contributed by atoms with E-state index in [0.29, 0.717) is 23.3 Å². The molecule has 1 aliphatic heterocycles. The molecule has 0 fully saturated rings. The second-order valence-electron chi connectivity index (χ2n) is 2.11. The van der Waals surface area contributed by atoms with Crippen LogP contribution < -0.4 is 9.47 Å². The molecule has 0 aliphatic carbocycles. The number of carbonyl (C=O) groups excluding carboxylic acids is 1. The van der Waals surface area contributed by atoms with Gasteiger partial charge in [0.05, 0.1) is 0 Å². The molecule has 0 saturated heterocycles. The minimum absolute atomic E-state index is 0. The molecule has 0 aromatic heterocycles. The van der Waals surface area contributed by atoms with Crippen molar-refractivity contribution in [3.05, 3.63) is 30.5 Å². The van der Waals surface area contributed by atoms with Crippen LogP contribution in [0.1, 0.15) is 11.7 Å². The Hall–Kier alpha value is -0.406. The molecule has 1 heterocycles. The van der Waals surface area contributed by atoms with Crippen molar-refractivity contribution in [2.24, 2.45) is 0 Å². The average molecular weight is 239 g/mol. The van der Waals surface area contributed by atoms with Crippen LogP contribution in [-0.4, -0.2) is 6.29 Å². The van der Waals surface area contributed by atoms with Gasteiger partial charge in [0.2, 0.25) is 0 Å². The first kappa shape index (κ1) is 8.20. The third kappa shape index (κ3) is 1.67. The van der Waals surface area contributed by atoms with Gasteiger partial charge in [0, 0.05) is 45.0 Å². The van der Waals surface area contributed by atoms with Gasteiger partial charge in [-0.25, -0.2) is 0 Å². The predicted molar refractivity (Wildman–Crippen MR) is 37.4 cm³/mol. The van der Waals surface area contributed by atoms with E-state index >= 15 is 0 Å². The molecule has 3 nitrogen and oxygen atoms in total. The third-order valence-corrected chi connectivity index (χ3v) is 1.41. The molecule has 2 rings (SSSR count). The average Bonchev–Trinajstić information content (AvgIpc) is 2.43. The van der Waals surface area contributed by atoms with Crippen molar-refractivity contribution in [2.75, 3.05) is 0 Å². The van der Waals surface area contributed by atoms with E-state index in [1.54, 1.807) is 12.1 Å². The van der Waals surface area contributed by atoms with E-state index in [-0.39, 0.29) is 39.5 Å². The number of ether oxygens (including phenoxy) is 2. The van der Waals surface area contributed by atoms with Crippen LogP contribution in [0.15, 0.2) is 18.2 Å². The first-order valence-corrected chi connectivity index (χ1v) is 3.08. The maximum absolute atomic E-state index is 10.3. The number of carbonyl (C=O) groups is 1. The molecule has 0 atom stereocenters. The molecule has 1 aromatic rings. The van der Waals surface area contributed by atoms with Gasteiger partial charge in [-0.3, -0.25) is 4.79 Å². The summed E-state index contributed by atoms with van der Waals surface area (Å²) in [6, 6.07) is 4.73. The molecule has 0 spiro atoms. The smallest absolute Gasteiger partial charge is 0.150 e. The molecule has 0 unspecified atom stereocenters. The monoisotopic (exact) mass is 239 g/mol. The Morgan fingerprint density at radius 1 is 1.42 bits per heavy atom. The van der Waals surface area contributed by atoms with E-state index in [2.05, 4.69) is 0 Å². The quantitative estimate of drug-likeness (QED) is 0.548. The maximum atomic E-state index is 10.3. The fraction of sp³-hybridized carbons (Fsp3) is 0. The van der Waals surface area contributed by atoms with Gasteiger partial charge in [0.15, 0.2) is 0 Å². The summed E-state index contributed by atoms with van der Waals surface area (Å²) in [5.74, 6) is 0.898. The first-order chi connectivity index (χ1) is 5.79. The van der Waals surface area contributed by atoms with Crippen LogP contribution in [0.25, 0.3) is 0 Å². The summed E-state index contributed by atoms with van der Waals surface area (Å²) in [5, 5.41) is 0.